The van der Waals surface area contributed by atoms with Crippen LogP contribution in [-0.4, -0.2) is 53.4 Å². The molecule has 0 aliphatic carbocycles. The van der Waals surface area contributed by atoms with E-state index in [4.69, 9.17) is 15.6 Å². The molecule has 1 aliphatic heterocycles. The molecule has 3 unspecified atom stereocenters. The van der Waals surface area contributed by atoms with Crippen molar-refractivity contribution in [2.75, 3.05) is 19.7 Å². The van der Waals surface area contributed by atoms with Crippen molar-refractivity contribution >= 4 is 5.97 Å². The van der Waals surface area contributed by atoms with Crippen LogP contribution in [0.5, 0.6) is 0 Å². The first-order valence-corrected chi connectivity index (χ1v) is 6.21. The summed E-state index contributed by atoms with van der Waals surface area (Å²) in [6.45, 7) is 8.30. The van der Waals surface area contributed by atoms with Gasteiger partial charge >= 0.3 is 5.97 Å². The molecular weight excluding hydrogens is 220 g/mol. The molecular formula is C12H24N2O3. The van der Waals surface area contributed by atoms with Crippen LogP contribution in [0.3, 0.4) is 0 Å². The van der Waals surface area contributed by atoms with Gasteiger partial charge in [0, 0.05) is 12.6 Å². The Morgan fingerprint density at radius 3 is 2.82 bits per heavy atom. The highest BCUT2D eigenvalue weighted by Gasteiger charge is 2.28. The lowest BCUT2D eigenvalue weighted by molar-refractivity contribution is -0.143. The Morgan fingerprint density at radius 2 is 2.24 bits per heavy atom. The topological polar surface area (TPSA) is 75.8 Å². The normalized spacial score (nSPS) is 29.9. The molecule has 3 N–H and O–H groups in total. The van der Waals surface area contributed by atoms with Gasteiger partial charge in [-0.2, -0.15) is 0 Å². The molecule has 0 aromatic carbocycles. The summed E-state index contributed by atoms with van der Waals surface area (Å²) in [5, 5.41) is 8.91. The molecule has 1 aliphatic rings. The molecule has 1 fully saturated rings. The van der Waals surface area contributed by atoms with Crippen molar-refractivity contribution in [1.82, 2.24) is 4.90 Å². The third-order valence-electron chi connectivity index (χ3n) is 3.37. The van der Waals surface area contributed by atoms with Crippen LogP contribution >= 0.6 is 0 Å². The number of carboxylic acid groups (broad SMARTS) is 1. The lowest BCUT2D eigenvalue weighted by atomic mass is 9.97. The van der Waals surface area contributed by atoms with E-state index in [1.165, 1.54) is 0 Å². The first kappa shape index (κ1) is 14.4. The minimum Gasteiger partial charge on any atom is -0.480 e. The van der Waals surface area contributed by atoms with Gasteiger partial charge in [0.25, 0.3) is 0 Å². The summed E-state index contributed by atoms with van der Waals surface area (Å²) in [5.74, 6) is -0.930. The predicted octanol–water partition coefficient (Wildman–Crippen LogP) is 0.678. The summed E-state index contributed by atoms with van der Waals surface area (Å²) >= 11 is 0. The Balaban J connectivity index is 2.32. The van der Waals surface area contributed by atoms with E-state index < -0.39 is 11.5 Å². The number of aliphatic carboxylic acids is 1. The number of nitrogens with two attached hydrogens (primary N) is 1. The minimum atomic E-state index is -1.11. The molecule has 0 aromatic heterocycles. The fourth-order valence-electron chi connectivity index (χ4n) is 2.04. The van der Waals surface area contributed by atoms with E-state index in [1.54, 1.807) is 6.92 Å². The molecule has 0 radical (unpaired) electrons. The van der Waals surface area contributed by atoms with Crippen molar-refractivity contribution in [3.05, 3.63) is 0 Å². The highest BCUT2D eigenvalue weighted by molar-refractivity contribution is 5.77. The number of hydrogen-bond donors (Lipinski definition) is 2. The molecule has 0 saturated carbocycles. The molecule has 1 saturated heterocycles. The fraction of sp³-hybridized carbons (Fsp3) is 0.917. The molecule has 1 rings (SSSR count). The van der Waals surface area contributed by atoms with E-state index in [1.807, 2.05) is 0 Å². The summed E-state index contributed by atoms with van der Waals surface area (Å²) in [6, 6.07) is 0.403. The maximum absolute atomic E-state index is 10.9. The van der Waals surface area contributed by atoms with Crippen LogP contribution in [0.1, 0.15) is 33.6 Å². The van der Waals surface area contributed by atoms with Crippen molar-refractivity contribution in [2.45, 2.75) is 51.3 Å². The maximum atomic E-state index is 10.9. The Morgan fingerprint density at radius 1 is 1.59 bits per heavy atom. The van der Waals surface area contributed by atoms with Gasteiger partial charge in [0.1, 0.15) is 5.54 Å². The summed E-state index contributed by atoms with van der Waals surface area (Å²) in [7, 11) is 0. The van der Waals surface area contributed by atoms with Gasteiger partial charge in [-0.3, -0.25) is 9.69 Å². The number of carboxylic acids is 1. The average Bonchev–Trinajstić information content (AvgIpc) is 2.22. The van der Waals surface area contributed by atoms with Crippen LogP contribution in [-0.2, 0) is 9.53 Å². The van der Waals surface area contributed by atoms with Gasteiger partial charge in [-0.1, -0.05) is 0 Å². The van der Waals surface area contributed by atoms with Crippen molar-refractivity contribution in [3.63, 3.8) is 0 Å². The summed E-state index contributed by atoms with van der Waals surface area (Å²) in [4.78, 5) is 13.2. The first-order valence-electron chi connectivity index (χ1n) is 6.21. The predicted molar refractivity (Wildman–Crippen MR) is 65.9 cm³/mol. The number of rotatable bonds is 5. The molecule has 3 atom stereocenters. The zero-order valence-electron chi connectivity index (χ0n) is 11.0. The van der Waals surface area contributed by atoms with E-state index in [-0.39, 0.29) is 6.10 Å². The number of nitrogens with zero attached hydrogens (tertiary/aromatic N) is 1. The van der Waals surface area contributed by atoms with Gasteiger partial charge in [0.05, 0.1) is 12.7 Å². The third-order valence-corrected chi connectivity index (χ3v) is 3.37. The summed E-state index contributed by atoms with van der Waals surface area (Å²) in [5.41, 5.74) is 4.58. The van der Waals surface area contributed by atoms with Crippen LogP contribution in [0.15, 0.2) is 0 Å². The van der Waals surface area contributed by atoms with Crippen LogP contribution in [0.25, 0.3) is 0 Å². The molecule has 0 bridgehead atoms. The van der Waals surface area contributed by atoms with Gasteiger partial charge in [-0.15, -0.1) is 0 Å². The van der Waals surface area contributed by atoms with Gasteiger partial charge in [0.2, 0.25) is 0 Å². The molecule has 0 aromatic rings. The summed E-state index contributed by atoms with van der Waals surface area (Å²) in [6.07, 6.45) is 1.56. The van der Waals surface area contributed by atoms with E-state index >= 15 is 0 Å². The molecule has 100 valence electrons. The minimum absolute atomic E-state index is 0.259. The first-order chi connectivity index (χ1) is 7.83. The third kappa shape index (κ3) is 4.26. The van der Waals surface area contributed by atoms with Crippen molar-refractivity contribution in [2.24, 2.45) is 5.73 Å². The quantitative estimate of drug-likeness (QED) is 0.743. The second kappa shape index (κ2) is 5.80. The number of hydrogen-bond acceptors (Lipinski definition) is 4. The van der Waals surface area contributed by atoms with Crippen LogP contribution in [0.2, 0.25) is 0 Å². The maximum Gasteiger partial charge on any atom is 0.323 e. The molecule has 1 heterocycles. The summed E-state index contributed by atoms with van der Waals surface area (Å²) < 4.78 is 5.55. The lowest BCUT2D eigenvalue weighted by Crippen LogP contribution is -2.49. The largest absolute Gasteiger partial charge is 0.480 e. The van der Waals surface area contributed by atoms with E-state index in [9.17, 15) is 4.79 Å². The van der Waals surface area contributed by atoms with E-state index in [2.05, 4.69) is 18.7 Å². The Bertz CT molecular complexity index is 268. The van der Waals surface area contributed by atoms with Crippen LogP contribution in [0, 0.1) is 0 Å². The van der Waals surface area contributed by atoms with Crippen molar-refractivity contribution < 1.29 is 14.6 Å². The van der Waals surface area contributed by atoms with Crippen molar-refractivity contribution in [3.8, 4) is 0 Å². The van der Waals surface area contributed by atoms with Gasteiger partial charge in [-0.25, -0.2) is 0 Å². The zero-order valence-corrected chi connectivity index (χ0v) is 11.0. The highest BCUT2D eigenvalue weighted by atomic mass is 16.5. The smallest absolute Gasteiger partial charge is 0.323 e. The molecule has 5 nitrogen and oxygen atoms in total. The van der Waals surface area contributed by atoms with E-state index in [0.717, 1.165) is 26.1 Å². The molecule has 0 amide bonds. The number of ether oxygens (including phenoxy) is 1. The van der Waals surface area contributed by atoms with Gasteiger partial charge in [-0.05, 0) is 40.2 Å². The number of morpholine rings is 1. The fourth-order valence-corrected chi connectivity index (χ4v) is 2.04. The second-order valence-corrected chi connectivity index (χ2v) is 5.31. The average molecular weight is 244 g/mol. The molecule has 5 heteroatoms. The number of carbonyl (C=O) groups is 1. The van der Waals surface area contributed by atoms with Crippen molar-refractivity contribution in [1.29, 1.82) is 0 Å². The highest BCUT2D eigenvalue weighted by Crippen LogP contribution is 2.15. The monoisotopic (exact) mass is 244 g/mol. The Kier molecular flexibility index (Phi) is 4.91. The zero-order chi connectivity index (χ0) is 13.1. The molecule has 0 spiro atoms. The van der Waals surface area contributed by atoms with Crippen LogP contribution in [0.4, 0.5) is 0 Å². The van der Waals surface area contributed by atoms with Crippen LogP contribution < -0.4 is 5.73 Å². The SMILES string of the molecule is CC1CN(CCCC(C)(N)C(=O)O)C(C)CO1. The van der Waals surface area contributed by atoms with Gasteiger partial charge < -0.3 is 15.6 Å². The molecule has 17 heavy (non-hydrogen) atoms. The Labute approximate surface area is 103 Å². The van der Waals surface area contributed by atoms with Gasteiger partial charge in [0.15, 0.2) is 0 Å². The van der Waals surface area contributed by atoms with E-state index in [0.29, 0.717) is 12.5 Å². The standard InChI is InChI=1S/C12H24N2O3/c1-9-8-17-10(2)7-14(9)6-4-5-12(3,13)11(15)16/h9-10H,4-8,13H2,1-3H3,(H,15,16). The Hall–Kier alpha value is -0.650. The second-order valence-electron chi connectivity index (χ2n) is 5.31. The lowest BCUT2D eigenvalue weighted by Gasteiger charge is -2.37.